The second kappa shape index (κ2) is 5.54. The lowest BCUT2D eigenvalue weighted by atomic mass is 10.2. The van der Waals surface area contributed by atoms with Crippen molar-refractivity contribution in [2.24, 2.45) is 0 Å². The zero-order valence-electron chi connectivity index (χ0n) is 11.0. The molecule has 1 fully saturated rings. The van der Waals surface area contributed by atoms with Gasteiger partial charge in [0.15, 0.2) is 0 Å². The van der Waals surface area contributed by atoms with Crippen LogP contribution in [0.2, 0.25) is 0 Å². The Hall–Kier alpha value is -1.40. The Bertz CT molecular complexity index is 602. The third-order valence-corrected chi connectivity index (χ3v) is 3.97. The van der Waals surface area contributed by atoms with E-state index in [-0.39, 0.29) is 10.1 Å². The average Bonchev–Trinajstić information content (AvgIpc) is 3.14. The lowest BCUT2D eigenvalue weighted by Gasteiger charge is -2.07. The quantitative estimate of drug-likeness (QED) is 0.913. The van der Waals surface area contributed by atoms with Crippen molar-refractivity contribution in [3.05, 3.63) is 41.3 Å². The molecule has 0 atom stereocenters. The fourth-order valence-corrected chi connectivity index (χ4v) is 2.60. The minimum atomic E-state index is -0.585. The van der Waals surface area contributed by atoms with Gasteiger partial charge in [0.25, 0.3) is 5.22 Å². The maximum absolute atomic E-state index is 14.0. The third-order valence-electron chi connectivity index (χ3n) is 3.02. The van der Waals surface area contributed by atoms with Crippen molar-refractivity contribution in [3.63, 3.8) is 0 Å². The van der Waals surface area contributed by atoms with Crippen molar-refractivity contribution < 1.29 is 13.2 Å². The molecule has 3 rings (SSSR count). The maximum Gasteiger partial charge on any atom is 0.260 e. The van der Waals surface area contributed by atoms with Gasteiger partial charge in [-0.05, 0) is 49.2 Å². The van der Waals surface area contributed by atoms with Crippen molar-refractivity contribution in [1.82, 2.24) is 10.3 Å². The highest BCUT2D eigenvalue weighted by Gasteiger charge is 2.21. The molecule has 6 heteroatoms. The summed E-state index contributed by atoms with van der Waals surface area (Å²) in [6.45, 7) is 2.24. The number of aryl methyl sites for hydroxylation is 1. The van der Waals surface area contributed by atoms with Crippen molar-refractivity contribution in [3.8, 4) is 0 Å². The number of nitrogens with zero attached hydrogens (tertiary/aromatic N) is 1. The summed E-state index contributed by atoms with van der Waals surface area (Å²) in [7, 11) is 0. The van der Waals surface area contributed by atoms with Crippen molar-refractivity contribution in [2.45, 2.75) is 42.5 Å². The first-order valence-electron chi connectivity index (χ1n) is 6.43. The number of benzene rings is 1. The maximum atomic E-state index is 14.0. The third kappa shape index (κ3) is 3.19. The molecule has 2 aromatic rings. The second-order valence-electron chi connectivity index (χ2n) is 4.90. The molecule has 0 amide bonds. The number of halogens is 2. The van der Waals surface area contributed by atoms with Gasteiger partial charge in [-0.25, -0.2) is 13.8 Å². The van der Waals surface area contributed by atoms with E-state index in [1.165, 1.54) is 18.4 Å². The van der Waals surface area contributed by atoms with E-state index in [2.05, 4.69) is 10.3 Å². The summed E-state index contributed by atoms with van der Waals surface area (Å²) >= 11 is 0.859. The van der Waals surface area contributed by atoms with Gasteiger partial charge in [0, 0.05) is 12.6 Å². The molecule has 0 unspecified atom stereocenters. The van der Waals surface area contributed by atoms with Crippen LogP contribution in [0.5, 0.6) is 0 Å². The Morgan fingerprint density at radius 1 is 1.35 bits per heavy atom. The van der Waals surface area contributed by atoms with Crippen LogP contribution in [-0.4, -0.2) is 11.0 Å². The summed E-state index contributed by atoms with van der Waals surface area (Å²) in [4.78, 5) is 3.95. The summed E-state index contributed by atoms with van der Waals surface area (Å²) < 4.78 is 33.1. The molecule has 1 aliphatic rings. The summed E-state index contributed by atoms with van der Waals surface area (Å²) in [6, 6.07) is 3.22. The normalized spacial score (nSPS) is 14.8. The van der Waals surface area contributed by atoms with Gasteiger partial charge in [0.1, 0.15) is 17.9 Å². The molecule has 1 N–H and O–H groups in total. The molecule has 3 nitrogen and oxygen atoms in total. The predicted molar refractivity (Wildman–Crippen MR) is 71.6 cm³/mol. The van der Waals surface area contributed by atoms with Gasteiger partial charge in [-0.15, -0.1) is 0 Å². The van der Waals surface area contributed by atoms with Crippen LogP contribution in [0.3, 0.4) is 0 Å². The first-order chi connectivity index (χ1) is 9.61. The van der Waals surface area contributed by atoms with Crippen LogP contribution in [0.15, 0.2) is 32.9 Å². The first-order valence-corrected chi connectivity index (χ1v) is 7.25. The van der Waals surface area contributed by atoms with Crippen LogP contribution in [0.25, 0.3) is 0 Å². The molecular formula is C14H14F2N2OS. The topological polar surface area (TPSA) is 38.1 Å². The molecule has 0 radical (unpaired) electrons. The zero-order chi connectivity index (χ0) is 14.1. The molecule has 0 aliphatic heterocycles. The number of hydrogen-bond donors (Lipinski definition) is 1. The van der Waals surface area contributed by atoms with Crippen molar-refractivity contribution in [2.75, 3.05) is 0 Å². The average molecular weight is 296 g/mol. The molecule has 20 heavy (non-hydrogen) atoms. The van der Waals surface area contributed by atoms with Gasteiger partial charge in [0.2, 0.25) is 0 Å². The van der Waals surface area contributed by atoms with Crippen LogP contribution in [0.4, 0.5) is 8.78 Å². The van der Waals surface area contributed by atoms with Crippen LogP contribution < -0.4 is 5.32 Å². The Labute approximate surface area is 119 Å². The fourth-order valence-electron chi connectivity index (χ4n) is 1.83. The van der Waals surface area contributed by atoms with Gasteiger partial charge in [-0.3, -0.25) is 0 Å². The smallest absolute Gasteiger partial charge is 0.260 e. The minimum Gasteiger partial charge on any atom is -0.439 e. The number of rotatable bonds is 5. The lowest BCUT2D eigenvalue weighted by Crippen LogP contribution is -2.15. The first kappa shape index (κ1) is 13.6. The Balaban J connectivity index is 1.76. The van der Waals surface area contributed by atoms with E-state index in [0.29, 0.717) is 23.8 Å². The van der Waals surface area contributed by atoms with E-state index >= 15 is 0 Å². The fraction of sp³-hybridized carbons (Fsp3) is 0.357. The second-order valence-corrected chi connectivity index (χ2v) is 5.86. The van der Waals surface area contributed by atoms with E-state index < -0.39 is 11.6 Å². The molecule has 0 bridgehead atoms. The molecule has 1 aromatic heterocycles. The van der Waals surface area contributed by atoms with Crippen LogP contribution in [0, 0.1) is 18.6 Å². The summed E-state index contributed by atoms with van der Waals surface area (Å²) in [5.41, 5.74) is 1.29. The molecule has 1 aromatic carbocycles. The highest BCUT2D eigenvalue weighted by atomic mass is 32.2. The molecule has 106 valence electrons. The zero-order valence-corrected chi connectivity index (χ0v) is 11.8. The number of aromatic nitrogens is 1. The Morgan fingerprint density at radius 2 is 2.05 bits per heavy atom. The van der Waals surface area contributed by atoms with Crippen LogP contribution in [0.1, 0.15) is 24.1 Å². The molecule has 1 heterocycles. The molecule has 0 spiro atoms. The van der Waals surface area contributed by atoms with Crippen LogP contribution in [-0.2, 0) is 6.54 Å². The minimum absolute atomic E-state index is 0.0815. The van der Waals surface area contributed by atoms with Gasteiger partial charge in [0.05, 0.1) is 10.6 Å². The summed E-state index contributed by atoms with van der Waals surface area (Å²) in [6.07, 6.45) is 3.73. The van der Waals surface area contributed by atoms with E-state index in [1.807, 2.05) is 0 Å². The molecular weight excluding hydrogens is 282 g/mol. The van der Waals surface area contributed by atoms with E-state index in [9.17, 15) is 8.78 Å². The SMILES string of the molecule is Cc1coc(Sc2c(F)cc(CNC3CC3)cc2F)n1. The van der Waals surface area contributed by atoms with E-state index in [0.717, 1.165) is 24.6 Å². The number of nitrogens with one attached hydrogen (secondary N) is 1. The Morgan fingerprint density at radius 3 is 2.60 bits per heavy atom. The highest BCUT2D eigenvalue weighted by Crippen LogP contribution is 2.32. The van der Waals surface area contributed by atoms with E-state index in [1.54, 1.807) is 6.92 Å². The monoisotopic (exact) mass is 296 g/mol. The Kier molecular flexibility index (Phi) is 3.76. The molecule has 1 saturated carbocycles. The number of oxazole rings is 1. The largest absolute Gasteiger partial charge is 0.439 e. The van der Waals surface area contributed by atoms with Gasteiger partial charge in [-0.2, -0.15) is 0 Å². The summed E-state index contributed by atoms with van der Waals surface area (Å²) in [5.74, 6) is -1.17. The lowest BCUT2D eigenvalue weighted by molar-refractivity contribution is 0.451. The van der Waals surface area contributed by atoms with Crippen molar-refractivity contribution in [1.29, 1.82) is 0 Å². The highest BCUT2D eigenvalue weighted by molar-refractivity contribution is 7.99. The van der Waals surface area contributed by atoms with Gasteiger partial charge < -0.3 is 9.73 Å². The standard InChI is InChI=1S/C14H14F2N2OS/c1-8-7-19-14(18-8)20-13-11(15)4-9(5-12(13)16)6-17-10-2-3-10/h4-5,7,10,17H,2-3,6H2,1H3. The summed E-state index contributed by atoms with van der Waals surface area (Å²) in [5, 5.41) is 3.47. The van der Waals surface area contributed by atoms with Gasteiger partial charge >= 0.3 is 0 Å². The predicted octanol–water partition coefficient (Wildman–Crippen LogP) is 3.66. The van der Waals surface area contributed by atoms with Crippen LogP contribution >= 0.6 is 11.8 Å². The van der Waals surface area contributed by atoms with Crippen molar-refractivity contribution >= 4 is 11.8 Å². The van der Waals surface area contributed by atoms with Gasteiger partial charge in [-0.1, -0.05) is 0 Å². The molecule has 1 aliphatic carbocycles. The molecule has 0 saturated heterocycles. The van der Waals surface area contributed by atoms with E-state index in [4.69, 9.17) is 4.42 Å². The number of hydrogen-bond acceptors (Lipinski definition) is 4.